The van der Waals surface area contributed by atoms with Crippen molar-refractivity contribution in [2.24, 2.45) is 29.1 Å². The molecule has 0 spiro atoms. The molecule has 1 fully saturated rings. The molecule has 0 unspecified atom stereocenters. The van der Waals surface area contributed by atoms with Crippen LogP contribution in [-0.2, 0) is 49.1 Å². The van der Waals surface area contributed by atoms with Crippen molar-refractivity contribution in [2.75, 3.05) is 40.6 Å². The number of amides is 4. The van der Waals surface area contributed by atoms with Gasteiger partial charge in [0.25, 0.3) is 0 Å². The lowest BCUT2D eigenvalue weighted by Gasteiger charge is -2.42. The highest BCUT2D eigenvalue weighted by Crippen LogP contribution is 2.42. The number of carbonyl (C=O) groups is 7. The molecule has 2 rings (SSSR count). The molecule has 0 aliphatic carbocycles. The number of nitrogens with zero attached hydrogens (tertiary/aromatic N) is 3. The van der Waals surface area contributed by atoms with E-state index < -0.39 is 86.0 Å². The number of esters is 1. The van der Waals surface area contributed by atoms with Crippen molar-refractivity contribution < 1.29 is 57.3 Å². The molecule has 1 aliphatic rings. The third-order valence-electron chi connectivity index (χ3n) is 15.1. The van der Waals surface area contributed by atoms with E-state index in [0.29, 0.717) is 50.0 Å². The molecule has 1 aromatic carbocycles. The molecule has 1 heterocycles. The number of hydrogen-bond acceptors (Lipinski definition) is 13. The Labute approximate surface area is 462 Å². The minimum absolute atomic E-state index is 0.00858. The zero-order chi connectivity index (χ0) is 58.4. The Morgan fingerprint density at radius 2 is 1.46 bits per heavy atom. The van der Waals surface area contributed by atoms with Crippen LogP contribution >= 0.6 is 11.8 Å². The van der Waals surface area contributed by atoms with Crippen LogP contribution in [0.25, 0.3) is 0 Å². The van der Waals surface area contributed by atoms with Gasteiger partial charge in [-0.1, -0.05) is 93.1 Å². The van der Waals surface area contributed by atoms with Crippen LogP contribution in [0.4, 0.5) is 4.79 Å². The predicted molar refractivity (Wildman–Crippen MR) is 304 cm³/mol. The van der Waals surface area contributed by atoms with Gasteiger partial charge < -0.3 is 38.9 Å². The van der Waals surface area contributed by atoms with Crippen molar-refractivity contribution in [2.45, 2.75) is 209 Å². The van der Waals surface area contributed by atoms with Crippen LogP contribution in [0.15, 0.2) is 35.9 Å². The summed E-state index contributed by atoms with van der Waals surface area (Å²) in [5, 5.41) is 13.8. The summed E-state index contributed by atoms with van der Waals surface area (Å²) in [6, 6.07) is 3.49. The van der Waals surface area contributed by atoms with Crippen LogP contribution in [0.3, 0.4) is 0 Å². The first-order valence-corrected chi connectivity index (χ1v) is 31.0. The first-order chi connectivity index (χ1) is 34.8. The number of Topliss-reactive ketones (excluding diaryl/α,β-unsaturated/α-hetero) is 1. The maximum absolute atomic E-state index is 14.3. The van der Waals surface area contributed by atoms with E-state index in [1.807, 2.05) is 41.5 Å². The van der Waals surface area contributed by atoms with Crippen molar-refractivity contribution in [3.05, 3.63) is 41.5 Å². The zero-order valence-electron chi connectivity index (χ0n) is 50.2. The monoisotopic (exact) mass is 1100 g/mol. The lowest BCUT2D eigenvalue weighted by Crippen LogP contribution is -2.56. The Morgan fingerprint density at radius 1 is 0.868 bits per heavy atom. The molecule has 18 heteroatoms. The van der Waals surface area contributed by atoms with Crippen LogP contribution in [0.1, 0.15) is 148 Å². The molecule has 1 saturated heterocycles. The fraction of sp³-hybridized carbons (Fsp3) is 0.741. The van der Waals surface area contributed by atoms with E-state index in [4.69, 9.17) is 18.6 Å². The quantitative estimate of drug-likeness (QED) is 0.0506. The summed E-state index contributed by atoms with van der Waals surface area (Å²) >= 11 is 0.973. The molecule has 16 nitrogen and oxygen atoms in total. The van der Waals surface area contributed by atoms with Crippen molar-refractivity contribution in [1.82, 2.24) is 20.0 Å². The fourth-order valence-electron chi connectivity index (χ4n) is 9.03. The van der Waals surface area contributed by atoms with Crippen molar-refractivity contribution in [3.8, 4) is 5.75 Å². The maximum Gasteiger partial charge on any atom is 0.410 e. The molecule has 0 bridgehead atoms. The normalized spacial score (nSPS) is 17.9. The number of thioether (sulfide) groups is 1. The number of nitrogens with one attached hydrogen (secondary N) is 1. The summed E-state index contributed by atoms with van der Waals surface area (Å²) in [5.41, 5.74) is -0.0724. The second-order valence-electron chi connectivity index (χ2n) is 25.2. The van der Waals surface area contributed by atoms with Gasteiger partial charge in [0.1, 0.15) is 29.5 Å². The number of methoxy groups -OCH3 is 2. The van der Waals surface area contributed by atoms with E-state index in [2.05, 4.69) is 66.9 Å². The number of benzene rings is 1. The molecule has 4 amide bonds. The standard InChI is InChI=1S/C58H98N4O12SSi/c1-36(2)29-47(53(68)72-19)61(17)51(66)40(6)60(16)52(67)45(33-41-24-26-44(71-18)27-25-41)59-50(65)38(4)32-43(63)35-75-54(69)39(5)49(74-76(20,21)58(13,14)15)31-37(3)30-42(56(7,8)9)34-48(64)46-23-22-28-62(46)55(70)73-57(10,11)12/h24-27,32,36-37,39-40,42-43,45-47,49,63H,22-23,28-31,33-35H2,1-21H3,(H,59,65)/b38-32+/t37-,39+,40+,42-,43-,45+,46+,47+,49+/m1/s1. The van der Waals surface area contributed by atoms with E-state index in [1.165, 1.54) is 51.1 Å². The van der Waals surface area contributed by atoms with Crippen molar-refractivity contribution >= 4 is 60.8 Å². The minimum Gasteiger partial charge on any atom is -0.497 e. The number of hydrogen-bond donors (Lipinski definition) is 2. The number of ketones is 1. The SMILES string of the molecule is COC(=O)[C@H](CC(C)C)N(C)C(=O)[C@H](C)N(C)C(=O)[C@H](Cc1ccc(OC)cc1)NC(=O)/C(C)=C/[C@@H](O)CSC(=O)[C@@H](C)[C@H](C[C@H](C)C[C@H](CC(=O)[C@@H]1CCCN1C(=O)OC(C)(C)C)C(C)(C)C)O[Si](C)(C)C(C)(C)C. The number of aliphatic hydroxyl groups is 1. The number of ether oxygens (including phenoxy) is 3. The Morgan fingerprint density at radius 3 is 1.97 bits per heavy atom. The molecular weight excluding hydrogens is 1000 g/mol. The van der Waals surface area contributed by atoms with Crippen LogP contribution in [0.5, 0.6) is 5.75 Å². The number of rotatable bonds is 26. The zero-order valence-corrected chi connectivity index (χ0v) is 52.0. The topological polar surface area (TPSA) is 198 Å². The van der Waals surface area contributed by atoms with Crippen LogP contribution in [0, 0.1) is 29.1 Å². The molecule has 0 radical (unpaired) electrons. The Bertz CT molecular complexity index is 2150. The summed E-state index contributed by atoms with van der Waals surface area (Å²) in [6.45, 7) is 34.1. The number of likely N-dealkylation sites (N-methyl/N-ethyl adjacent to an activating group) is 2. The summed E-state index contributed by atoms with van der Waals surface area (Å²) in [5.74, 6) is -2.06. The van der Waals surface area contributed by atoms with Gasteiger partial charge in [0.2, 0.25) is 17.7 Å². The lowest BCUT2D eigenvalue weighted by atomic mass is 9.72. The minimum atomic E-state index is -2.41. The maximum atomic E-state index is 14.3. The highest BCUT2D eigenvalue weighted by Gasteiger charge is 2.43. The molecule has 1 aromatic rings. The molecule has 76 heavy (non-hydrogen) atoms. The summed E-state index contributed by atoms with van der Waals surface area (Å²) in [7, 11) is 3.37. The Kier molecular flexibility index (Phi) is 26.0. The van der Waals surface area contributed by atoms with Crippen LogP contribution in [-0.4, -0.2) is 151 Å². The average Bonchev–Trinajstić information content (AvgIpc) is 3.82. The molecule has 2 N–H and O–H groups in total. The van der Waals surface area contributed by atoms with Gasteiger partial charge in [-0.15, -0.1) is 0 Å². The van der Waals surface area contributed by atoms with E-state index in [-0.39, 0.29) is 56.9 Å². The molecule has 432 valence electrons. The van der Waals surface area contributed by atoms with Gasteiger partial charge in [-0.25, -0.2) is 9.59 Å². The number of likely N-dealkylation sites (tertiary alicyclic amines) is 1. The van der Waals surface area contributed by atoms with Gasteiger partial charge in [0.15, 0.2) is 19.2 Å². The van der Waals surface area contributed by atoms with E-state index >= 15 is 0 Å². The second-order valence-corrected chi connectivity index (χ2v) is 31.0. The number of aliphatic hydroxyl groups excluding tert-OH is 1. The van der Waals surface area contributed by atoms with Gasteiger partial charge in [0.05, 0.1) is 38.4 Å². The molecule has 1 aliphatic heterocycles. The van der Waals surface area contributed by atoms with Crippen LogP contribution in [0.2, 0.25) is 18.1 Å². The first-order valence-electron chi connectivity index (χ1n) is 27.1. The molecular formula is C58H98N4O12SSi. The van der Waals surface area contributed by atoms with Gasteiger partial charge >= 0.3 is 12.1 Å². The van der Waals surface area contributed by atoms with Gasteiger partial charge in [-0.2, -0.15) is 0 Å². The van der Waals surface area contributed by atoms with Gasteiger partial charge in [0, 0.05) is 44.8 Å². The smallest absolute Gasteiger partial charge is 0.410 e. The van der Waals surface area contributed by atoms with E-state index in [1.54, 1.807) is 36.1 Å². The first kappa shape index (κ1) is 67.8. The van der Waals surface area contributed by atoms with Gasteiger partial charge in [-0.3, -0.25) is 28.9 Å². The predicted octanol–water partition coefficient (Wildman–Crippen LogP) is 9.65. The average molecular weight is 1100 g/mol. The third-order valence-corrected chi connectivity index (χ3v) is 20.8. The Hall–Kier alpha value is -4.26. The largest absolute Gasteiger partial charge is 0.497 e. The fourth-order valence-corrected chi connectivity index (χ4v) is 11.3. The molecule has 0 aromatic heterocycles. The van der Waals surface area contributed by atoms with Crippen molar-refractivity contribution in [1.29, 1.82) is 0 Å². The van der Waals surface area contributed by atoms with E-state index in [0.717, 1.165) is 18.2 Å². The second kappa shape index (κ2) is 29.1. The van der Waals surface area contributed by atoms with E-state index in [9.17, 15) is 38.7 Å². The third kappa shape index (κ3) is 20.8. The summed E-state index contributed by atoms with van der Waals surface area (Å²) < 4.78 is 23.0. The highest BCUT2D eigenvalue weighted by molar-refractivity contribution is 8.13. The Balaban J connectivity index is 2.31. The summed E-state index contributed by atoms with van der Waals surface area (Å²) in [6.07, 6.45) is 2.60. The van der Waals surface area contributed by atoms with Crippen LogP contribution < -0.4 is 10.1 Å². The van der Waals surface area contributed by atoms with Gasteiger partial charge in [-0.05, 0) is 132 Å². The molecule has 0 saturated carbocycles. The van der Waals surface area contributed by atoms with Crippen molar-refractivity contribution in [3.63, 3.8) is 0 Å². The number of carbonyl (C=O) groups excluding carboxylic acids is 7. The lowest BCUT2D eigenvalue weighted by molar-refractivity contribution is -0.155. The summed E-state index contributed by atoms with van der Waals surface area (Å²) in [4.78, 5) is 100. The highest BCUT2D eigenvalue weighted by atomic mass is 32.2. The molecule has 9 atom stereocenters.